The molecule has 2 heterocycles. The lowest BCUT2D eigenvalue weighted by molar-refractivity contribution is 0.685. The zero-order valence-corrected chi connectivity index (χ0v) is 14.9. The minimum Gasteiger partial charge on any atom is -0.340 e. The first kappa shape index (κ1) is 15.0. The van der Waals surface area contributed by atoms with Gasteiger partial charge in [0.05, 0.1) is 16.3 Å². The first-order chi connectivity index (χ1) is 12.1. The normalized spacial score (nSPS) is 20.4. The fourth-order valence-electron chi connectivity index (χ4n) is 3.65. The quantitative estimate of drug-likeness (QED) is 0.774. The molecule has 0 saturated heterocycles. The number of rotatable bonds is 3. The Labute approximate surface area is 149 Å². The maximum Gasteiger partial charge on any atom is 0.142 e. The Morgan fingerprint density at radius 3 is 2.88 bits per heavy atom. The van der Waals surface area contributed by atoms with Crippen molar-refractivity contribution in [3.8, 4) is 0 Å². The molecule has 1 N–H and O–H groups in total. The third kappa shape index (κ3) is 2.45. The maximum atomic E-state index is 12.2. The Hall–Kier alpha value is -2.27. The third-order valence-electron chi connectivity index (χ3n) is 5.47. The van der Waals surface area contributed by atoms with E-state index in [0.29, 0.717) is 11.2 Å². The molecule has 1 unspecified atom stereocenters. The van der Waals surface area contributed by atoms with E-state index in [0.717, 1.165) is 39.3 Å². The molecule has 1 aliphatic carbocycles. The molecule has 5 heteroatoms. The highest BCUT2D eigenvalue weighted by Crippen LogP contribution is 2.48. The van der Waals surface area contributed by atoms with Crippen LogP contribution in [0.3, 0.4) is 0 Å². The van der Waals surface area contributed by atoms with Crippen LogP contribution in [-0.2, 0) is 22.6 Å². The van der Waals surface area contributed by atoms with Gasteiger partial charge in [-0.25, -0.2) is 9.97 Å². The van der Waals surface area contributed by atoms with Gasteiger partial charge in [-0.1, -0.05) is 19.1 Å². The van der Waals surface area contributed by atoms with Gasteiger partial charge in [-0.2, -0.15) is 0 Å². The number of fused-ring (bicyclic) bond motifs is 3. The average Bonchev–Trinajstić information content (AvgIpc) is 3.27. The van der Waals surface area contributed by atoms with E-state index in [2.05, 4.69) is 46.5 Å². The smallest absolute Gasteiger partial charge is 0.142 e. The molecule has 126 valence electrons. The molecule has 0 bridgehead atoms. The van der Waals surface area contributed by atoms with Crippen LogP contribution >= 0.6 is 0 Å². The molecule has 0 amide bonds. The van der Waals surface area contributed by atoms with Crippen molar-refractivity contribution >= 4 is 33.2 Å². The standard InChI is InChI=1S/C20H19N3OS/c1-20(8-9-20)13-3-2-4-14(11-13)23-19-18-15-7-10-25(24)17(15)6-5-16(18)21-12-22-19/h2-6,11-12H,7-10H2,1H3,(H,21,22,23). The van der Waals surface area contributed by atoms with Crippen LogP contribution < -0.4 is 5.32 Å². The van der Waals surface area contributed by atoms with Gasteiger partial charge >= 0.3 is 0 Å². The predicted molar refractivity (Wildman–Crippen MR) is 101 cm³/mol. The summed E-state index contributed by atoms with van der Waals surface area (Å²) in [6.07, 6.45) is 4.92. The number of hydrogen-bond donors (Lipinski definition) is 1. The summed E-state index contributed by atoms with van der Waals surface area (Å²) in [5.74, 6) is 1.50. The number of hydrogen-bond acceptors (Lipinski definition) is 4. The number of nitrogens with zero attached hydrogens (tertiary/aromatic N) is 2. The fraction of sp³-hybridized carbons (Fsp3) is 0.300. The molecule has 5 rings (SSSR count). The molecule has 1 saturated carbocycles. The number of benzene rings is 2. The van der Waals surface area contributed by atoms with Crippen molar-refractivity contribution in [1.82, 2.24) is 9.97 Å². The Balaban J connectivity index is 1.61. The third-order valence-corrected chi connectivity index (χ3v) is 6.92. The Morgan fingerprint density at radius 2 is 2.04 bits per heavy atom. The second-order valence-electron chi connectivity index (χ2n) is 7.22. The number of aromatic nitrogens is 2. The van der Waals surface area contributed by atoms with Crippen LogP contribution in [0.1, 0.15) is 30.9 Å². The molecule has 2 aromatic carbocycles. The summed E-state index contributed by atoms with van der Waals surface area (Å²) in [6, 6.07) is 12.5. The molecule has 25 heavy (non-hydrogen) atoms. The summed E-state index contributed by atoms with van der Waals surface area (Å²) in [5.41, 5.74) is 4.79. The van der Waals surface area contributed by atoms with Crippen molar-refractivity contribution in [3.63, 3.8) is 0 Å². The molecule has 0 radical (unpaired) electrons. The van der Waals surface area contributed by atoms with Crippen LogP contribution in [0.15, 0.2) is 47.6 Å². The summed E-state index contributed by atoms with van der Waals surface area (Å²) in [7, 11) is -0.899. The average molecular weight is 349 g/mol. The van der Waals surface area contributed by atoms with Gasteiger partial charge in [-0.3, -0.25) is 4.21 Å². The van der Waals surface area contributed by atoms with Crippen molar-refractivity contribution in [3.05, 3.63) is 53.9 Å². The van der Waals surface area contributed by atoms with E-state index in [1.807, 2.05) is 12.1 Å². The maximum absolute atomic E-state index is 12.2. The Morgan fingerprint density at radius 1 is 1.16 bits per heavy atom. The van der Waals surface area contributed by atoms with Crippen molar-refractivity contribution in [2.24, 2.45) is 0 Å². The summed E-state index contributed by atoms with van der Waals surface area (Å²) < 4.78 is 12.2. The van der Waals surface area contributed by atoms with E-state index in [1.165, 1.54) is 18.4 Å². The van der Waals surface area contributed by atoms with Gasteiger partial charge in [0.25, 0.3) is 0 Å². The van der Waals surface area contributed by atoms with Gasteiger partial charge in [-0.05, 0) is 60.1 Å². The highest BCUT2D eigenvalue weighted by Gasteiger charge is 2.38. The van der Waals surface area contributed by atoms with E-state index >= 15 is 0 Å². The summed E-state index contributed by atoms with van der Waals surface area (Å²) in [4.78, 5) is 9.83. The van der Waals surface area contributed by atoms with E-state index in [4.69, 9.17) is 0 Å². The number of nitrogens with one attached hydrogen (secondary N) is 1. The monoisotopic (exact) mass is 349 g/mol. The molecule has 0 spiro atoms. The topological polar surface area (TPSA) is 54.9 Å². The van der Waals surface area contributed by atoms with Crippen LogP contribution in [0.2, 0.25) is 0 Å². The zero-order valence-electron chi connectivity index (χ0n) is 14.1. The van der Waals surface area contributed by atoms with Crippen LogP contribution in [0.25, 0.3) is 10.9 Å². The highest BCUT2D eigenvalue weighted by atomic mass is 32.2. The minimum atomic E-state index is -0.899. The lowest BCUT2D eigenvalue weighted by Gasteiger charge is -2.14. The van der Waals surface area contributed by atoms with Gasteiger partial charge in [0.15, 0.2) is 0 Å². The largest absolute Gasteiger partial charge is 0.340 e. The lowest BCUT2D eigenvalue weighted by Crippen LogP contribution is -2.02. The second kappa shape index (κ2) is 5.36. The molecule has 4 nitrogen and oxygen atoms in total. The van der Waals surface area contributed by atoms with E-state index in [9.17, 15) is 4.21 Å². The first-order valence-electron chi connectivity index (χ1n) is 8.67. The van der Waals surface area contributed by atoms with E-state index in [-0.39, 0.29) is 0 Å². The molecule has 2 aliphatic rings. The second-order valence-corrected chi connectivity index (χ2v) is 8.76. The molecule has 1 aromatic heterocycles. The zero-order chi connectivity index (χ0) is 17.0. The molecular weight excluding hydrogens is 330 g/mol. The molecule has 3 aromatic rings. The lowest BCUT2D eigenvalue weighted by atomic mass is 9.98. The summed E-state index contributed by atoms with van der Waals surface area (Å²) >= 11 is 0. The Kier molecular flexibility index (Phi) is 3.22. The van der Waals surface area contributed by atoms with Crippen molar-refractivity contribution in [2.45, 2.75) is 36.5 Å². The Bertz CT molecular complexity index is 1030. The number of anilines is 2. The van der Waals surface area contributed by atoms with E-state index in [1.54, 1.807) is 6.33 Å². The minimum absolute atomic E-state index is 0.337. The van der Waals surface area contributed by atoms with Gasteiger partial charge in [0.1, 0.15) is 12.1 Å². The van der Waals surface area contributed by atoms with Crippen LogP contribution in [0.5, 0.6) is 0 Å². The first-order valence-corrected chi connectivity index (χ1v) is 9.98. The summed E-state index contributed by atoms with van der Waals surface area (Å²) in [6.45, 7) is 2.31. The highest BCUT2D eigenvalue weighted by molar-refractivity contribution is 7.85. The van der Waals surface area contributed by atoms with Crippen LogP contribution in [-0.4, -0.2) is 19.9 Å². The van der Waals surface area contributed by atoms with Gasteiger partial charge in [0.2, 0.25) is 0 Å². The molecule has 1 fully saturated rings. The molecule has 1 atom stereocenters. The molecular formula is C20H19N3OS. The van der Waals surface area contributed by atoms with Crippen LogP contribution in [0, 0.1) is 0 Å². The van der Waals surface area contributed by atoms with E-state index < -0.39 is 10.8 Å². The summed E-state index contributed by atoms with van der Waals surface area (Å²) in [5, 5.41) is 4.49. The SMILES string of the molecule is CC1(c2cccc(Nc3ncnc4ccc5c(c34)CCS5=O)c2)CC1. The van der Waals surface area contributed by atoms with Crippen molar-refractivity contribution in [2.75, 3.05) is 11.1 Å². The van der Waals surface area contributed by atoms with Crippen molar-refractivity contribution in [1.29, 1.82) is 0 Å². The van der Waals surface area contributed by atoms with Gasteiger partial charge < -0.3 is 5.32 Å². The van der Waals surface area contributed by atoms with Gasteiger partial charge in [0, 0.05) is 21.7 Å². The van der Waals surface area contributed by atoms with Gasteiger partial charge in [-0.15, -0.1) is 0 Å². The van der Waals surface area contributed by atoms with Crippen LogP contribution in [0.4, 0.5) is 11.5 Å². The van der Waals surface area contributed by atoms with Crippen molar-refractivity contribution < 1.29 is 4.21 Å². The predicted octanol–water partition coefficient (Wildman–Crippen LogP) is 4.09. The number of aryl methyl sites for hydroxylation is 1. The fourth-order valence-corrected chi connectivity index (χ4v) is 4.96. The molecule has 1 aliphatic heterocycles.